The highest BCUT2D eigenvalue weighted by atomic mass is 16.6. The average molecular weight is 105 g/mol. The van der Waals surface area contributed by atoms with Crippen LogP contribution in [0.25, 0.3) is 0 Å². The molecule has 44 valence electrons. The molecule has 0 aromatic heterocycles. The van der Waals surface area contributed by atoms with Crippen molar-refractivity contribution < 1.29 is 9.94 Å². The number of rotatable bonds is 3. The van der Waals surface area contributed by atoms with Gasteiger partial charge in [0, 0.05) is 6.61 Å². The summed E-state index contributed by atoms with van der Waals surface area (Å²) in [6, 6.07) is 0. The molecule has 0 bridgehead atoms. The van der Waals surface area contributed by atoms with Gasteiger partial charge in [-0.2, -0.15) is 0 Å². The average Bonchev–Trinajstić information content (AvgIpc) is 1.68. The van der Waals surface area contributed by atoms with Crippen LogP contribution in [0, 0.1) is 0 Å². The number of nitrogens with two attached hydrogens (primary N) is 1. The first-order chi connectivity index (χ1) is 3.31. The van der Waals surface area contributed by atoms with E-state index in [0.29, 0.717) is 6.42 Å². The van der Waals surface area contributed by atoms with Crippen molar-refractivity contribution >= 4 is 0 Å². The second-order valence-corrected chi connectivity index (χ2v) is 1.46. The van der Waals surface area contributed by atoms with Crippen molar-refractivity contribution in [3.05, 3.63) is 0 Å². The van der Waals surface area contributed by atoms with Gasteiger partial charge in [0.15, 0.2) is 0 Å². The molecule has 0 aromatic rings. The van der Waals surface area contributed by atoms with Gasteiger partial charge in [0.2, 0.25) is 0 Å². The van der Waals surface area contributed by atoms with Gasteiger partial charge in [0.05, 0.1) is 6.10 Å². The summed E-state index contributed by atoms with van der Waals surface area (Å²) in [4.78, 5) is 4.33. The summed E-state index contributed by atoms with van der Waals surface area (Å²) in [5.41, 5.74) is 0. The molecule has 3 heteroatoms. The van der Waals surface area contributed by atoms with Gasteiger partial charge in [0.25, 0.3) is 0 Å². The zero-order valence-electron chi connectivity index (χ0n) is 4.42. The van der Waals surface area contributed by atoms with Crippen molar-refractivity contribution in [1.82, 2.24) is 0 Å². The third kappa shape index (κ3) is 3.72. The molecular weight excluding hydrogens is 94.0 g/mol. The van der Waals surface area contributed by atoms with E-state index in [0.717, 1.165) is 0 Å². The third-order valence-electron chi connectivity index (χ3n) is 0.768. The molecule has 3 N–H and O–H groups in total. The summed E-state index contributed by atoms with van der Waals surface area (Å²) in [5.74, 6) is 4.75. The molecule has 1 atom stereocenters. The quantitative estimate of drug-likeness (QED) is 0.482. The van der Waals surface area contributed by atoms with E-state index < -0.39 is 0 Å². The maximum Gasteiger partial charge on any atom is 0.0781 e. The van der Waals surface area contributed by atoms with Crippen molar-refractivity contribution in [2.24, 2.45) is 5.90 Å². The molecule has 0 heterocycles. The number of aliphatic hydroxyl groups is 1. The normalized spacial score (nSPS) is 14.1. The Morgan fingerprint density at radius 1 is 1.86 bits per heavy atom. The molecule has 1 unspecified atom stereocenters. The van der Waals surface area contributed by atoms with Gasteiger partial charge in [-0.25, -0.2) is 5.90 Å². The van der Waals surface area contributed by atoms with Crippen LogP contribution < -0.4 is 5.90 Å². The Hall–Kier alpha value is -0.120. The van der Waals surface area contributed by atoms with Gasteiger partial charge in [-0.1, -0.05) is 0 Å². The summed E-state index contributed by atoms with van der Waals surface area (Å²) in [6.45, 7) is 1.94. The van der Waals surface area contributed by atoms with Crippen LogP contribution in [-0.4, -0.2) is 17.8 Å². The molecule has 0 saturated carbocycles. The van der Waals surface area contributed by atoms with E-state index in [4.69, 9.17) is 11.0 Å². The molecule has 0 aliphatic heterocycles. The molecule has 0 aliphatic rings. The fourth-order valence-electron chi connectivity index (χ4n) is 0.250. The summed E-state index contributed by atoms with van der Waals surface area (Å²) < 4.78 is 0. The smallest absolute Gasteiger partial charge is 0.0781 e. The largest absolute Gasteiger partial charge is 0.396 e. The minimum absolute atomic E-state index is 0.0231. The first-order valence-electron chi connectivity index (χ1n) is 2.27. The molecule has 0 spiro atoms. The molecule has 0 amide bonds. The molecule has 0 saturated heterocycles. The number of hydrogen-bond donors (Lipinski definition) is 2. The van der Waals surface area contributed by atoms with Crippen LogP contribution in [0.3, 0.4) is 0 Å². The van der Waals surface area contributed by atoms with Crippen molar-refractivity contribution in [1.29, 1.82) is 0 Å². The predicted molar refractivity (Wildman–Crippen MR) is 26.4 cm³/mol. The second-order valence-electron chi connectivity index (χ2n) is 1.46. The molecular formula is C4H11NO2. The maximum absolute atomic E-state index is 8.23. The highest BCUT2D eigenvalue weighted by molar-refractivity contribution is 4.43. The van der Waals surface area contributed by atoms with E-state index in [-0.39, 0.29) is 12.7 Å². The number of hydrogen-bond acceptors (Lipinski definition) is 3. The Morgan fingerprint density at radius 3 is 2.57 bits per heavy atom. The van der Waals surface area contributed by atoms with Crippen LogP contribution in [0.4, 0.5) is 0 Å². The van der Waals surface area contributed by atoms with Gasteiger partial charge in [-0.05, 0) is 13.3 Å². The van der Waals surface area contributed by atoms with Crippen LogP contribution in [0.5, 0.6) is 0 Å². The topological polar surface area (TPSA) is 55.5 Å². The summed E-state index contributed by atoms with van der Waals surface area (Å²) in [6.07, 6.45) is 0.584. The monoisotopic (exact) mass is 105 g/mol. The second kappa shape index (κ2) is 4.05. The first-order valence-corrected chi connectivity index (χ1v) is 2.27. The Morgan fingerprint density at radius 2 is 2.43 bits per heavy atom. The van der Waals surface area contributed by atoms with Gasteiger partial charge < -0.3 is 9.94 Å². The van der Waals surface area contributed by atoms with E-state index in [9.17, 15) is 0 Å². The van der Waals surface area contributed by atoms with Crippen molar-refractivity contribution in [2.45, 2.75) is 19.4 Å². The van der Waals surface area contributed by atoms with Crippen molar-refractivity contribution in [2.75, 3.05) is 6.61 Å². The molecule has 0 rings (SSSR count). The third-order valence-corrected chi connectivity index (χ3v) is 0.768. The summed E-state index contributed by atoms with van der Waals surface area (Å²) in [7, 11) is 0. The Labute approximate surface area is 43.0 Å². The molecule has 7 heavy (non-hydrogen) atoms. The lowest BCUT2D eigenvalue weighted by Crippen LogP contribution is -2.14. The zero-order chi connectivity index (χ0) is 5.70. The van der Waals surface area contributed by atoms with Crippen LogP contribution >= 0.6 is 0 Å². The lowest BCUT2D eigenvalue weighted by atomic mass is 10.3. The maximum atomic E-state index is 8.23. The van der Waals surface area contributed by atoms with Gasteiger partial charge in [-0.15, -0.1) is 0 Å². The van der Waals surface area contributed by atoms with Gasteiger partial charge in [-0.3, -0.25) is 0 Å². The highest BCUT2D eigenvalue weighted by Gasteiger charge is 1.94. The van der Waals surface area contributed by atoms with Crippen molar-refractivity contribution in [3.8, 4) is 0 Å². The first kappa shape index (κ1) is 6.88. The minimum atomic E-state index is -0.0231. The fraction of sp³-hybridized carbons (Fsp3) is 1.00. The SMILES string of the molecule is CC(CCO)ON. The summed E-state index contributed by atoms with van der Waals surface area (Å²) in [5, 5.41) is 8.23. The minimum Gasteiger partial charge on any atom is -0.396 e. The van der Waals surface area contributed by atoms with E-state index in [1.165, 1.54) is 0 Å². The van der Waals surface area contributed by atoms with Crippen LogP contribution in [0.2, 0.25) is 0 Å². The molecule has 0 aliphatic carbocycles. The van der Waals surface area contributed by atoms with Crippen LogP contribution in [0.15, 0.2) is 0 Å². The Kier molecular flexibility index (Phi) is 3.98. The standard InChI is InChI=1S/C4H11NO2/c1-4(7-5)2-3-6/h4,6H,2-3,5H2,1H3. The van der Waals surface area contributed by atoms with Crippen LogP contribution in [-0.2, 0) is 4.84 Å². The summed E-state index contributed by atoms with van der Waals surface area (Å²) >= 11 is 0. The zero-order valence-corrected chi connectivity index (χ0v) is 4.42. The predicted octanol–water partition coefficient (Wildman–Crippen LogP) is -0.352. The molecule has 0 fully saturated rings. The Bertz CT molecular complexity index is 40.7. The molecule has 0 radical (unpaired) electrons. The van der Waals surface area contributed by atoms with E-state index in [1.54, 1.807) is 6.92 Å². The van der Waals surface area contributed by atoms with Crippen molar-refractivity contribution in [3.63, 3.8) is 0 Å². The lowest BCUT2D eigenvalue weighted by Gasteiger charge is -2.02. The van der Waals surface area contributed by atoms with E-state index in [1.807, 2.05) is 0 Å². The fourth-order valence-corrected chi connectivity index (χ4v) is 0.250. The van der Waals surface area contributed by atoms with E-state index >= 15 is 0 Å². The van der Waals surface area contributed by atoms with Crippen LogP contribution in [0.1, 0.15) is 13.3 Å². The lowest BCUT2D eigenvalue weighted by molar-refractivity contribution is 0.0480. The Balaban J connectivity index is 2.83. The van der Waals surface area contributed by atoms with Gasteiger partial charge >= 0.3 is 0 Å². The number of aliphatic hydroxyl groups excluding tert-OH is 1. The highest BCUT2D eigenvalue weighted by Crippen LogP contribution is 1.89. The molecule has 0 aromatic carbocycles. The van der Waals surface area contributed by atoms with E-state index in [2.05, 4.69) is 4.84 Å². The van der Waals surface area contributed by atoms with Gasteiger partial charge in [0.1, 0.15) is 0 Å². The molecule has 3 nitrogen and oxygen atoms in total.